The molecule has 0 bridgehead atoms. The van der Waals surface area contributed by atoms with Crippen LogP contribution < -0.4 is 20.1 Å². The number of ether oxygens (including phenoxy) is 1. The molecule has 2 heterocycles. The lowest BCUT2D eigenvalue weighted by Crippen LogP contribution is -2.48. The quantitative estimate of drug-likeness (QED) is 0.245. The van der Waals surface area contributed by atoms with E-state index in [1.165, 1.54) is 12.3 Å². The van der Waals surface area contributed by atoms with Crippen molar-refractivity contribution in [3.8, 4) is 16.9 Å². The number of amides is 1. The molecule has 6 nitrogen and oxygen atoms in total. The van der Waals surface area contributed by atoms with E-state index >= 15 is 4.39 Å². The zero-order valence-corrected chi connectivity index (χ0v) is 21.2. The van der Waals surface area contributed by atoms with Crippen molar-refractivity contribution >= 4 is 28.2 Å². The molecule has 3 aromatic carbocycles. The zero-order chi connectivity index (χ0) is 28.1. The predicted molar refractivity (Wildman–Crippen MR) is 140 cm³/mol. The minimum atomic E-state index is -1.48. The van der Waals surface area contributed by atoms with Crippen LogP contribution in [0.4, 0.5) is 33.3 Å². The molecule has 0 radical (unpaired) electrons. The number of halogens is 5. The first-order valence-corrected chi connectivity index (χ1v) is 12.7. The summed E-state index contributed by atoms with van der Waals surface area (Å²) < 4.78 is 77.6. The number of hydrogen-bond acceptors (Lipinski definition) is 5. The van der Waals surface area contributed by atoms with E-state index in [1.807, 2.05) is 6.07 Å². The Morgan fingerprint density at radius 1 is 1.07 bits per heavy atom. The summed E-state index contributed by atoms with van der Waals surface area (Å²) in [4.78, 5) is 19.7. The minimum Gasteiger partial charge on any atom is -0.489 e. The van der Waals surface area contributed by atoms with Crippen LogP contribution in [0.5, 0.6) is 5.75 Å². The Balaban J connectivity index is 1.50. The number of alkyl halides is 1. The molecule has 1 saturated carbocycles. The van der Waals surface area contributed by atoms with E-state index in [9.17, 15) is 22.4 Å². The van der Waals surface area contributed by atoms with Crippen LogP contribution in [0.3, 0.4) is 0 Å². The van der Waals surface area contributed by atoms with E-state index in [2.05, 4.69) is 10.4 Å². The molecule has 4 aromatic rings. The molecule has 11 heteroatoms. The summed E-state index contributed by atoms with van der Waals surface area (Å²) in [6.07, 6.45) is 0.643. The summed E-state index contributed by atoms with van der Waals surface area (Å²) in [5.41, 5.74) is 2.72. The van der Waals surface area contributed by atoms with Crippen molar-refractivity contribution in [3.05, 3.63) is 83.6 Å². The highest BCUT2D eigenvalue weighted by molar-refractivity contribution is 6.10. The van der Waals surface area contributed by atoms with Gasteiger partial charge in [0.15, 0.2) is 11.6 Å². The molecule has 0 saturated heterocycles. The topological polar surface area (TPSA) is 57.7 Å². The van der Waals surface area contributed by atoms with E-state index in [-0.39, 0.29) is 35.3 Å². The van der Waals surface area contributed by atoms with Gasteiger partial charge in [0.1, 0.15) is 30.2 Å². The second kappa shape index (κ2) is 9.96. The third kappa shape index (κ3) is 4.35. The van der Waals surface area contributed by atoms with Gasteiger partial charge < -0.3 is 9.64 Å². The van der Waals surface area contributed by atoms with Crippen LogP contribution in [0.15, 0.2) is 54.7 Å². The molecule has 1 aliphatic carbocycles. The predicted octanol–water partition coefficient (Wildman–Crippen LogP) is 5.94. The summed E-state index contributed by atoms with van der Waals surface area (Å²) in [7, 11) is 1.68. The Bertz CT molecular complexity index is 1640. The Kier molecular flexibility index (Phi) is 6.44. The molecule has 2 aliphatic rings. The van der Waals surface area contributed by atoms with Gasteiger partial charge in [0.05, 0.1) is 29.0 Å². The maximum Gasteiger partial charge on any atom is 0.273 e. The fraction of sp³-hybridized carbons (Fsp3) is 0.241. The normalized spacial score (nSPS) is 18.1. The SMILES string of the molecule is CN(c1c(C(=O)NN2CCOc3ccccc32)cnc2c(-c3cc(F)cc(F)c3F)c(F)ccc12)C1CC(F)C1. The molecular formula is C29H23F5N4O2. The number of benzene rings is 3. The Morgan fingerprint density at radius 2 is 1.85 bits per heavy atom. The van der Waals surface area contributed by atoms with Gasteiger partial charge in [0.2, 0.25) is 0 Å². The minimum absolute atomic E-state index is 0.102. The van der Waals surface area contributed by atoms with Crippen molar-refractivity contribution in [2.24, 2.45) is 0 Å². The molecule has 1 fully saturated rings. The maximum absolute atomic E-state index is 15.2. The molecule has 6 rings (SSSR count). The van der Waals surface area contributed by atoms with E-state index in [1.54, 1.807) is 35.2 Å². The van der Waals surface area contributed by atoms with Crippen molar-refractivity contribution in [1.82, 2.24) is 10.4 Å². The number of rotatable bonds is 5. The Labute approximate surface area is 225 Å². The van der Waals surface area contributed by atoms with Gasteiger partial charge >= 0.3 is 0 Å². The molecule has 1 aliphatic heterocycles. The van der Waals surface area contributed by atoms with Crippen LogP contribution in [-0.4, -0.2) is 43.3 Å². The van der Waals surface area contributed by atoms with Crippen molar-refractivity contribution in [2.75, 3.05) is 30.1 Å². The third-order valence-electron chi connectivity index (χ3n) is 7.39. The Morgan fingerprint density at radius 3 is 2.62 bits per heavy atom. The van der Waals surface area contributed by atoms with Gasteiger partial charge in [-0.3, -0.25) is 20.2 Å². The van der Waals surface area contributed by atoms with Gasteiger partial charge in [-0.2, -0.15) is 0 Å². The van der Waals surface area contributed by atoms with Crippen molar-refractivity contribution in [2.45, 2.75) is 25.1 Å². The smallest absolute Gasteiger partial charge is 0.273 e. The first-order valence-electron chi connectivity index (χ1n) is 12.7. The van der Waals surface area contributed by atoms with Gasteiger partial charge in [0.25, 0.3) is 5.91 Å². The first-order chi connectivity index (χ1) is 19.2. The van der Waals surface area contributed by atoms with E-state index < -0.39 is 46.5 Å². The fourth-order valence-corrected chi connectivity index (χ4v) is 5.26. The highest BCUT2D eigenvalue weighted by Gasteiger charge is 2.35. The van der Waals surface area contributed by atoms with E-state index in [4.69, 9.17) is 4.74 Å². The van der Waals surface area contributed by atoms with Crippen LogP contribution in [0.1, 0.15) is 23.2 Å². The maximum atomic E-state index is 15.2. The summed E-state index contributed by atoms with van der Waals surface area (Å²) in [6, 6.07) is 10.4. The number of pyridine rings is 1. The van der Waals surface area contributed by atoms with Gasteiger partial charge in [-0.05, 0) is 43.2 Å². The molecule has 0 spiro atoms. The number of fused-ring (bicyclic) bond motifs is 2. The lowest BCUT2D eigenvalue weighted by atomic mass is 9.88. The molecular weight excluding hydrogens is 531 g/mol. The van der Waals surface area contributed by atoms with Crippen LogP contribution in [0, 0.1) is 23.3 Å². The van der Waals surface area contributed by atoms with Gasteiger partial charge in [-0.25, -0.2) is 22.0 Å². The highest BCUT2D eigenvalue weighted by Crippen LogP contribution is 2.41. The summed E-state index contributed by atoms with van der Waals surface area (Å²) in [6.45, 7) is 0.694. The molecule has 1 aromatic heterocycles. The van der Waals surface area contributed by atoms with Crippen molar-refractivity contribution in [1.29, 1.82) is 0 Å². The Hall–Kier alpha value is -4.41. The van der Waals surface area contributed by atoms with Crippen LogP contribution in [0.25, 0.3) is 22.0 Å². The number of hydrazine groups is 1. The molecule has 0 unspecified atom stereocenters. The average Bonchev–Trinajstić information content (AvgIpc) is 2.92. The lowest BCUT2D eigenvalue weighted by Gasteiger charge is -2.40. The van der Waals surface area contributed by atoms with E-state index in [0.29, 0.717) is 42.4 Å². The molecule has 1 amide bonds. The van der Waals surface area contributed by atoms with Crippen LogP contribution in [-0.2, 0) is 0 Å². The fourth-order valence-electron chi connectivity index (χ4n) is 5.26. The van der Waals surface area contributed by atoms with E-state index in [0.717, 1.165) is 6.07 Å². The standard InChI is InChI=1S/C29H23F5N4O2/c1-37(17-10-15(30)11-17)28-18-6-7-21(32)25(19-12-16(31)13-22(33)26(19)34)27(18)35-14-20(28)29(39)36-38-8-9-40-24-5-3-2-4-23(24)38/h2-7,12-15,17H,8-11H2,1H3,(H,36,39). The van der Waals surface area contributed by atoms with Crippen molar-refractivity contribution < 1.29 is 31.5 Å². The average molecular weight is 555 g/mol. The number of nitrogens with zero attached hydrogens (tertiary/aromatic N) is 3. The number of carbonyl (C=O) groups excluding carboxylic acids is 1. The number of para-hydroxylation sites is 2. The molecule has 1 N–H and O–H groups in total. The number of hydrogen-bond donors (Lipinski definition) is 1. The second-order valence-corrected chi connectivity index (χ2v) is 9.83. The third-order valence-corrected chi connectivity index (χ3v) is 7.39. The lowest BCUT2D eigenvalue weighted by molar-refractivity contribution is 0.0945. The first kappa shape index (κ1) is 25.8. The number of nitrogens with one attached hydrogen (secondary N) is 1. The largest absolute Gasteiger partial charge is 0.489 e. The van der Waals surface area contributed by atoms with Gasteiger partial charge in [0, 0.05) is 41.9 Å². The van der Waals surface area contributed by atoms with Crippen molar-refractivity contribution in [3.63, 3.8) is 0 Å². The van der Waals surface area contributed by atoms with Crippen LogP contribution in [0.2, 0.25) is 0 Å². The number of carbonyl (C=O) groups is 1. The van der Waals surface area contributed by atoms with Gasteiger partial charge in [-0.15, -0.1) is 0 Å². The number of aromatic nitrogens is 1. The summed E-state index contributed by atoms with van der Waals surface area (Å²) >= 11 is 0. The molecule has 206 valence electrons. The second-order valence-electron chi connectivity index (χ2n) is 9.83. The zero-order valence-electron chi connectivity index (χ0n) is 21.2. The number of anilines is 2. The summed E-state index contributed by atoms with van der Waals surface area (Å²) in [5.74, 6) is -4.90. The molecule has 40 heavy (non-hydrogen) atoms. The van der Waals surface area contributed by atoms with Crippen LogP contribution >= 0.6 is 0 Å². The molecule has 0 atom stereocenters. The highest BCUT2D eigenvalue weighted by atomic mass is 19.2. The monoisotopic (exact) mass is 554 g/mol. The summed E-state index contributed by atoms with van der Waals surface area (Å²) in [5, 5.41) is 1.87. The van der Waals surface area contributed by atoms with Gasteiger partial charge in [-0.1, -0.05) is 12.1 Å².